The Bertz CT molecular complexity index is 417. The van der Waals surface area contributed by atoms with E-state index < -0.39 is 5.97 Å². The number of anilines is 1. The number of urea groups is 1. The molecule has 3 N–H and O–H groups in total. The van der Waals surface area contributed by atoms with Gasteiger partial charge in [0.25, 0.3) is 0 Å². The van der Waals surface area contributed by atoms with Crippen molar-refractivity contribution >= 4 is 17.7 Å². The minimum absolute atomic E-state index is 0.183. The van der Waals surface area contributed by atoms with Crippen LogP contribution in [0.5, 0.6) is 0 Å². The SMILES string of the molecule is CCn1cc(NC(=O)NCCCCCC(=O)O)cn1. The Balaban J connectivity index is 2.09. The largest absolute Gasteiger partial charge is 0.481 e. The average Bonchev–Trinajstić information content (AvgIpc) is 2.81. The summed E-state index contributed by atoms with van der Waals surface area (Å²) in [7, 11) is 0. The lowest BCUT2D eigenvalue weighted by Gasteiger charge is -2.05. The van der Waals surface area contributed by atoms with Crippen molar-refractivity contribution in [2.75, 3.05) is 11.9 Å². The molecule has 1 aromatic rings. The number of aryl methyl sites for hydroxylation is 1. The highest BCUT2D eigenvalue weighted by Crippen LogP contribution is 2.04. The molecule has 7 nitrogen and oxygen atoms in total. The first-order valence-electron chi connectivity index (χ1n) is 6.41. The number of nitrogens with one attached hydrogen (secondary N) is 2. The first-order valence-corrected chi connectivity index (χ1v) is 6.41. The van der Waals surface area contributed by atoms with Gasteiger partial charge in [-0.05, 0) is 19.8 Å². The topological polar surface area (TPSA) is 96.2 Å². The molecular formula is C12H20N4O3. The predicted octanol–water partition coefficient (Wildman–Crippen LogP) is 1.67. The summed E-state index contributed by atoms with van der Waals surface area (Å²) in [6.45, 7) is 3.26. The van der Waals surface area contributed by atoms with Crippen LogP contribution in [0.3, 0.4) is 0 Å². The van der Waals surface area contributed by atoms with Crippen LogP contribution in [-0.4, -0.2) is 33.4 Å². The molecule has 0 aliphatic heterocycles. The van der Waals surface area contributed by atoms with Gasteiger partial charge in [-0.15, -0.1) is 0 Å². The maximum absolute atomic E-state index is 11.5. The molecule has 0 radical (unpaired) electrons. The lowest BCUT2D eigenvalue weighted by molar-refractivity contribution is -0.137. The Morgan fingerprint density at radius 3 is 2.79 bits per heavy atom. The van der Waals surface area contributed by atoms with Crippen LogP contribution in [0, 0.1) is 0 Å². The van der Waals surface area contributed by atoms with E-state index in [9.17, 15) is 9.59 Å². The van der Waals surface area contributed by atoms with Crippen molar-refractivity contribution in [3.8, 4) is 0 Å². The Hall–Kier alpha value is -2.05. The third-order valence-corrected chi connectivity index (χ3v) is 2.57. The number of carbonyl (C=O) groups is 2. The van der Waals surface area contributed by atoms with E-state index in [1.165, 1.54) is 0 Å². The van der Waals surface area contributed by atoms with E-state index in [-0.39, 0.29) is 12.5 Å². The molecule has 0 atom stereocenters. The van der Waals surface area contributed by atoms with Gasteiger partial charge in [-0.25, -0.2) is 4.79 Å². The van der Waals surface area contributed by atoms with Crippen LogP contribution >= 0.6 is 0 Å². The standard InChI is InChI=1S/C12H20N4O3/c1-2-16-9-10(8-14-16)15-12(19)13-7-5-3-4-6-11(17)18/h8-9H,2-7H2,1H3,(H,17,18)(H2,13,15,19). The number of nitrogens with zero attached hydrogens (tertiary/aromatic N) is 2. The van der Waals surface area contributed by atoms with E-state index in [4.69, 9.17) is 5.11 Å². The summed E-state index contributed by atoms with van der Waals surface area (Å²) in [5.41, 5.74) is 0.658. The lowest BCUT2D eigenvalue weighted by atomic mass is 10.2. The van der Waals surface area contributed by atoms with Crippen LogP contribution in [0.2, 0.25) is 0 Å². The number of carbonyl (C=O) groups excluding carboxylic acids is 1. The van der Waals surface area contributed by atoms with Gasteiger partial charge < -0.3 is 15.7 Å². The molecule has 1 heterocycles. The van der Waals surface area contributed by atoms with Gasteiger partial charge in [0.05, 0.1) is 11.9 Å². The van der Waals surface area contributed by atoms with E-state index in [0.717, 1.165) is 19.4 Å². The monoisotopic (exact) mass is 268 g/mol. The Labute approximate surface area is 112 Å². The highest BCUT2D eigenvalue weighted by molar-refractivity contribution is 5.88. The number of rotatable bonds is 8. The van der Waals surface area contributed by atoms with Crippen LogP contribution in [-0.2, 0) is 11.3 Å². The van der Waals surface area contributed by atoms with Crippen molar-refractivity contribution in [3.63, 3.8) is 0 Å². The quantitative estimate of drug-likeness (QED) is 0.625. The predicted molar refractivity (Wildman–Crippen MR) is 71.0 cm³/mol. The maximum atomic E-state index is 11.5. The fourth-order valence-electron chi connectivity index (χ4n) is 1.56. The summed E-state index contributed by atoms with van der Waals surface area (Å²) in [6, 6.07) is -0.270. The fourth-order valence-corrected chi connectivity index (χ4v) is 1.56. The van der Waals surface area contributed by atoms with Gasteiger partial charge in [0, 0.05) is 25.7 Å². The van der Waals surface area contributed by atoms with E-state index in [1.807, 2.05) is 6.92 Å². The first kappa shape index (κ1) is 15.0. The normalized spacial score (nSPS) is 10.2. The number of hydrogen-bond acceptors (Lipinski definition) is 3. The highest BCUT2D eigenvalue weighted by Gasteiger charge is 2.03. The number of aliphatic carboxylic acids is 1. The molecular weight excluding hydrogens is 248 g/mol. The van der Waals surface area contributed by atoms with Gasteiger partial charge in [0.2, 0.25) is 0 Å². The Morgan fingerprint density at radius 1 is 1.37 bits per heavy atom. The third kappa shape index (κ3) is 6.44. The molecule has 0 unspecified atom stereocenters. The van der Waals surface area contributed by atoms with E-state index in [2.05, 4.69) is 15.7 Å². The Kier molecular flexibility index (Phi) is 6.42. The zero-order valence-corrected chi connectivity index (χ0v) is 11.1. The molecule has 0 saturated heterocycles. The number of hydrogen-bond donors (Lipinski definition) is 3. The summed E-state index contributed by atoms with van der Waals surface area (Å²) >= 11 is 0. The molecule has 19 heavy (non-hydrogen) atoms. The number of carboxylic acids is 1. The zero-order chi connectivity index (χ0) is 14.1. The number of carboxylic acid groups (broad SMARTS) is 1. The van der Waals surface area contributed by atoms with Gasteiger partial charge >= 0.3 is 12.0 Å². The fraction of sp³-hybridized carbons (Fsp3) is 0.583. The summed E-state index contributed by atoms with van der Waals surface area (Å²) < 4.78 is 1.72. The first-order chi connectivity index (χ1) is 9.11. The molecule has 0 spiro atoms. The second-order valence-corrected chi connectivity index (χ2v) is 4.17. The van der Waals surface area contributed by atoms with Crippen molar-refractivity contribution in [2.45, 2.75) is 39.2 Å². The minimum Gasteiger partial charge on any atom is -0.481 e. The van der Waals surface area contributed by atoms with E-state index in [0.29, 0.717) is 18.7 Å². The number of unbranched alkanes of at least 4 members (excludes halogenated alkanes) is 2. The van der Waals surface area contributed by atoms with Crippen molar-refractivity contribution in [2.24, 2.45) is 0 Å². The molecule has 2 amide bonds. The average molecular weight is 268 g/mol. The molecule has 1 rings (SSSR count). The summed E-state index contributed by atoms with van der Waals surface area (Å²) in [5.74, 6) is -0.779. The van der Waals surface area contributed by atoms with Gasteiger partial charge in [0.15, 0.2) is 0 Å². The zero-order valence-electron chi connectivity index (χ0n) is 11.1. The van der Waals surface area contributed by atoms with Crippen molar-refractivity contribution in [1.82, 2.24) is 15.1 Å². The van der Waals surface area contributed by atoms with Gasteiger partial charge in [-0.3, -0.25) is 9.48 Å². The maximum Gasteiger partial charge on any atom is 0.319 e. The molecule has 0 fully saturated rings. The molecule has 7 heteroatoms. The number of amides is 2. The second kappa shape index (κ2) is 8.12. The van der Waals surface area contributed by atoms with Crippen LogP contribution in [0.25, 0.3) is 0 Å². The summed E-state index contributed by atoms with van der Waals surface area (Å²) in [6.07, 6.45) is 5.74. The lowest BCUT2D eigenvalue weighted by Crippen LogP contribution is -2.29. The van der Waals surface area contributed by atoms with Crippen molar-refractivity contribution in [1.29, 1.82) is 0 Å². The number of aromatic nitrogens is 2. The van der Waals surface area contributed by atoms with Gasteiger partial charge in [0.1, 0.15) is 0 Å². The summed E-state index contributed by atoms with van der Waals surface area (Å²) in [5, 5.41) is 17.9. The van der Waals surface area contributed by atoms with E-state index >= 15 is 0 Å². The van der Waals surface area contributed by atoms with Gasteiger partial charge in [-0.1, -0.05) is 6.42 Å². The van der Waals surface area contributed by atoms with Crippen molar-refractivity contribution in [3.05, 3.63) is 12.4 Å². The summed E-state index contributed by atoms with van der Waals surface area (Å²) in [4.78, 5) is 21.8. The van der Waals surface area contributed by atoms with Crippen LogP contribution in [0.4, 0.5) is 10.5 Å². The van der Waals surface area contributed by atoms with Gasteiger partial charge in [-0.2, -0.15) is 5.10 Å². The molecule has 0 saturated carbocycles. The smallest absolute Gasteiger partial charge is 0.319 e. The molecule has 1 aromatic heterocycles. The minimum atomic E-state index is -0.779. The molecule has 0 bridgehead atoms. The Morgan fingerprint density at radius 2 is 2.16 bits per heavy atom. The van der Waals surface area contributed by atoms with E-state index in [1.54, 1.807) is 17.1 Å². The highest BCUT2D eigenvalue weighted by atomic mass is 16.4. The second-order valence-electron chi connectivity index (χ2n) is 4.17. The molecule has 0 aliphatic carbocycles. The van der Waals surface area contributed by atoms with Crippen LogP contribution in [0.1, 0.15) is 32.6 Å². The van der Waals surface area contributed by atoms with Crippen LogP contribution in [0.15, 0.2) is 12.4 Å². The molecule has 0 aromatic carbocycles. The molecule has 106 valence electrons. The van der Waals surface area contributed by atoms with Crippen LogP contribution < -0.4 is 10.6 Å². The third-order valence-electron chi connectivity index (χ3n) is 2.57. The van der Waals surface area contributed by atoms with Crippen molar-refractivity contribution < 1.29 is 14.7 Å². The molecule has 0 aliphatic rings.